The van der Waals surface area contributed by atoms with Gasteiger partial charge in [-0.2, -0.15) is 0 Å². The highest BCUT2D eigenvalue weighted by Gasteiger charge is 1.86. The van der Waals surface area contributed by atoms with E-state index in [1.165, 1.54) is 5.57 Å². The van der Waals surface area contributed by atoms with Gasteiger partial charge in [0.25, 0.3) is 0 Å². The second-order valence-electron chi connectivity index (χ2n) is 2.71. The van der Waals surface area contributed by atoms with Gasteiger partial charge < -0.3 is 5.43 Å². The molecule has 0 aliphatic rings. The Morgan fingerprint density at radius 2 is 2.09 bits per heavy atom. The normalized spacial score (nSPS) is 9.55. The van der Waals surface area contributed by atoms with Gasteiger partial charge in [0, 0.05) is 18.9 Å². The summed E-state index contributed by atoms with van der Waals surface area (Å²) >= 11 is 0. The van der Waals surface area contributed by atoms with Crippen LogP contribution in [0.4, 0.5) is 0 Å². The lowest BCUT2D eigenvalue weighted by molar-refractivity contribution is 0.823. The Morgan fingerprint density at radius 1 is 1.45 bits per heavy atom. The predicted octanol–water partition coefficient (Wildman–Crippen LogP) is 2.00. The molecule has 1 aromatic rings. The molecule has 2 heteroatoms. The van der Waals surface area contributed by atoms with Crippen LogP contribution >= 0.6 is 0 Å². The van der Waals surface area contributed by atoms with Crippen LogP contribution in [-0.4, -0.2) is 11.2 Å². The SMILES string of the molecule is C=C(C)CCNn1cccc1. The largest absolute Gasteiger partial charge is 0.326 e. The Kier molecular flexibility index (Phi) is 2.78. The molecule has 1 aromatic heterocycles. The molecule has 0 fully saturated rings. The van der Waals surface area contributed by atoms with Crippen molar-refractivity contribution in [2.75, 3.05) is 12.0 Å². The molecular formula is C9H14N2. The molecule has 2 nitrogen and oxygen atoms in total. The molecule has 0 saturated heterocycles. The molecule has 11 heavy (non-hydrogen) atoms. The second kappa shape index (κ2) is 3.86. The van der Waals surface area contributed by atoms with E-state index in [-0.39, 0.29) is 0 Å². The topological polar surface area (TPSA) is 17.0 Å². The van der Waals surface area contributed by atoms with Crippen molar-refractivity contribution in [1.82, 2.24) is 4.68 Å². The molecule has 0 radical (unpaired) electrons. The van der Waals surface area contributed by atoms with Crippen LogP contribution in [0.3, 0.4) is 0 Å². The Hall–Kier alpha value is -1.18. The maximum Gasteiger partial charge on any atom is 0.0350 e. The smallest absolute Gasteiger partial charge is 0.0350 e. The second-order valence-corrected chi connectivity index (χ2v) is 2.71. The molecule has 60 valence electrons. The van der Waals surface area contributed by atoms with Crippen LogP contribution in [0.25, 0.3) is 0 Å². The summed E-state index contributed by atoms with van der Waals surface area (Å²) in [6, 6.07) is 3.99. The van der Waals surface area contributed by atoms with E-state index in [2.05, 4.69) is 12.0 Å². The molecule has 0 bridgehead atoms. The van der Waals surface area contributed by atoms with E-state index >= 15 is 0 Å². The van der Waals surface area contributed by atoms with Crippen molar-refractivity contribution >= 4 is 0 Å². The van der Waals surface area contributed by atoms with Crippen molar-refractivity contribution in [3.8, 4) is 0 Å². The molecule has 0 saturated carbocycles. The lowest BCUT2D eigenvalue weighted by Crippen LogP contribution is -2.13. The fourth-order valence-electron chi connectivity index (χ4n) is 0.838. The third kappa shape index (κ3) is 2.94. The lowest BCUT2D eigenvalue weighted by Gasteiger charge is -2.05. The van der Waals surface area contributed by atoms with E-state index in [1.54, 1.807) is 0 Å². The highest BCUT2D eigenvalue weighted by atomic mass is 15.4. The van der Waals surface area contributed by atoms with E-state index in [4.69, 9.17) is 0 Å². The third-order valence-electron chi connectivity index (χ3n) is 1.45. The summed E-state index contributed by atoms with van der Waals surface area (Å²) in [5, 5.41) is 0. The molecule has 0 unspecified atom stereocenters. The van der Waals surface area contributed by atoms with E-state index < -0.39 is 0 Å². The number of hydrogen-bond acceptors (Lipinski definition) is 1. The summed E-state index contributed by atoms with van der Waals surface area (Å²) in [5.74, 6) is 0. The summed E-state index contributed by atoms with van der Waals surface area (Å²) in [5.41, 5.74) is 4.42. The fraction of sp³-hybridized carbons (Fsp3) is 0.333. The monoisotopic (exact) mass is 150 g/mol. The Bertz CT molecular complexity index is 211. The van der Waals surface area contributed by atoms with Gasteiger partial charge in [0.15, 0.2) is 0 Å². The summed E-state index contributed by atoms with van der Waals surface area (Å²) in [6.07, 6.45) is 5.00. The van der Waals surface area contributed by atoms with E-state index in [1.807, 2.05) is 36.1 Å². The number of hydrogen-bond donors (Lipinski definition) is 1. The van der Waals surface area contributed by atoms with Gasteiger partial charge in [0.05, 0.1) is 0 Å². The van der Waals surface area contributed by atoms with Gasteiger partial charge in [-0.15, -0.1) is 6.58 Å². The summed E-state index contributed by atoms with van der Waals surface area (Å²) < 4.78 is 1.95. The van der Waals surface area contributed by atoms with Gasteiger partial charge in [-0.1, -0.05) is 5.57 Å². The Morgan fingerprint density at radius 3 is 2.64 bits per heavy atom. The van der Waals surface area contributed by atoms with Gasteiger partial charge >= 0.3 is 0 Å². The van der Waals surface area contributed by atoms with Crippen molar-refractivity contribution in [3.63, 3.8) is 0 Å². The van der Waals surface area contributed by atoms with Crippen LogP contribution in [0.2, 0.25) is 0 Å². The molecule has 0 aromatic carbocycles. The van der Waals surface area contributed by atoms with Gasteiger partial charge in [0.1, 0.15) is 0 Å². The van der Waals surface area contributed by atoms with Crippen molar-refractivity contribution < 1.29 is 0 Å². The average molecular weight is 150 g/mol. The van der Waals surface area contributed by atoms with Crippen LogP contribution in [0, 0.1) is 0 Å². The minimum Gasteiger partial charge on any atom is -0.326 e. The van der Waals surface area contributed by atoms with Crippen LogP contribution < -0.4 is 5.43 Å². The molecule has 0 spiro atoms. The van der Waals surface area contributed by atoms with Gasteiger partial charge in [-0.05, 0) is 25.5 Å². The lowest BCUT2D eigenvalue weighted by atomic mass is 10.2. The summed E-state index contributed by atoms with van der Waals surface area (Å²) in [6.45, 7) is 6.81. The summed E-state index contributed by atoms with van der Waals surface area (Å²) in [7, 11) is 0. The molecule has 0 amide bonds. The molecule has 1 rings (SSSR count). The quantitative estimate of drug-likeness (QED) is 0.649. The van der Waals surface area contributed by atoms with Crippen molar-refractivity contribution in [2.45, 2.75) is 13.3 Å². The number of nitrogens with one attached hydrogen (secondary N) is 1. The average Bonchev–Trinajstić information content (AvgIpc) is 2.39. The summed E-state index contributed by atoms with van der Waals surface area (Å²) in [4.78, 5) is 0. The molecule has 0 aliphatic heterocycles. The van der Waals surface area contributed by atoms with Gasteiger partial charge in [-0.25, -0.2) is 0 Å². The number of aromatic nitrogens is 1. The van der Waals surface area contributed by atoms with Crippen LogP contribution in [0.1, 0.15) is 13.3 Å². The van der Waals surface area contributed by atoms with Crippen molar-refractivity contribution in [1.29, 1.82) is 0 Å². The highest BCUT2D eigenvalue weighted by Crippen LogP contribution is 1.93. The van der Waals surface area contributed by atoms with Crippen LogP contribution in [-0.2, 0) is 0 Å². The Labute approximate surface area is 67.5 Å². The van der Waals surface area contributed by atoms with Gasteiger partial charge in [-0.3, -0.25) is 4.68 Å². The first-order valence-corrected chi connectivity index (χ1v) is 3.80. The third-order valence-corrected chi connectivity index (χ3v) is 1.45. The van der Waals surface area contributed by atoms with Gasteiger partial charge in [0.2, 0.25) is 0 Å². The molecule has 0 aliphatic carbocycles. The zero-order valence-corrected chi connectivity index (χ0v) is 6.88. The zero-order valence-electron chi connectivity index (χ0n) is 6.88. The first kappa shape index (κ1) is 7.92. The minimum absolute atomic E-state index is 0.948. The maximum absolute atomic E-state index is 3.82. The zero-order chi connectivity index (χ0) is 8.10. The molecule has 0 atom stereocenters. The van der Waals surface area contributed by atoms with E-state index in [9.17, 15) is 0 Å². The predicted molar refractivity (Wildman–Crippen MR) is 48.1 cm³/mol. The van der Waals surface area contributed by atoms with Crippen LogP contribution in [0.15, 0.2) is 36.7 Å². The van der Waals surface area contributed by atoms with Crippen molar-refractivity contribution in [2.24, 2.45) is 0 Å². The van der Waals surface area contributed by atoms with Crippen molar-refractivity contribution in [3.05, 3.63) is 36.7 Å². The standard InChI is InChI=1S/C9H14N2/c1-9(2)5-6-10-11-7-3-4-8-11/h3-4,7-8,10H,1,5-6H2,2H3. The maximum atomic E-state index is 3.82. The number of nitrogens with zero attached hydrogens (tertiary/aromatic N) is 1. The van der Waals surface area contributed by atoms with Crippen LogP contribution in [0.5, 0.6) is 0 Å². The molecule has 1 N–H and O–H groups in total. The Balaban J connectivity index is 2.19. The first-order valence-electron chi connectivity index (χ1n) is 3.80. The van der Waals surface area contributed by atoms with E-state index in [0.717, 1.165) is 13.0 Å². The molecule has 1 heterocycles. The minimum atomic E-state index is 0.948. The highest BCUT2D eigenvalue weighted by molar-refractivity contribution is 4.95. The first-order chi connectivity index (χ1) is 5.29. The van der Waals surface area contributed by atoms with E-state index in [0.29, 0.717) is 0 Å². The number of rotatable bonds is 4. The fourth-order valence-corrected chi connectivity index (χ4v) is 0.838. The molecular weight excluding hydrogens is 136 g/mol.